The minimum absolute atomic E-state index is 0.905. The van der Waals surface area contributed by atoms with Crippen LogP contribution in [0.4, 0.5) is 0 Å². The standard InChI is InChI=1S/C46H27NO/c1-2-12-30-27-31(22-21-28(30)11-1)29-23-25-32(26-24-29)47-39-19-9-7-17-37(39)43-41-35-15-5-3-13-33(35)34-14-4-6-16-36(34)42(41)44-38-18-8-10-20-40(38)48-46(44)45(43)47/h1-27H. The normalized spacial score (nSPS) is 12.2. The number of para-hydroxylation sites is 2. The van der Waals surface area contributed by atoms with Crippen LogP contribution >= 0.6 is 0 Å². The summed E-state index contributed by atoms with van der Waals surface area (Å²) in [5, 5.41) is 14.9. The molecule has 0 aliphatic heterocycles. The Morgan fingerprint density at radius 3 is 1.69 bits per heavy atom. The Kier molecular flexibility index (Phi) is 5.14. The van der Waals surface area contributed by atoms with Crippen LogP contribution in [0.5, 0.6) is 0 Å². The summed E-state index contributed by atoms with van der Waals surface area (Å²) in [6, 6.07) is 59.3. The molecule has 48 heavy (non-hydrogen) atoms. The third-order valence-corrected chi connectivity index (χ3v) is 10.3. The van der Waals surface area contributed by atoms with Crippen LogP contribution in [0.2, 0.25) is 0 Å². The van der Waals surface area contributed by atoms with Crippen LogP contribution in [-0.4, -0.2) is 4.57 Å². The first kappa shape index (κ1) is 25.8. The highest BCUT2D eigenvalue weighted by Crippen LogP contribution is 2.50. The van der Waals surface area contributed by atoms with Gasteiger partial charge >= 0.3 is 0 Å². The van der Waals surface area contributed by atoms with E-state index in [1.54, 1.807) is 0 Å². The minimum atomic E-state index is 0.905. The lowest BCUT2D eigenvalue weighted by atomic mass is 9.89. The lowest BCUT2D eigenvalue weighted by Gasteiger charge is -2.14. The van der Waals surface area contributed by atoms with E-state index in [1.807, 2.05) is 0 Å². The van der Waals surface area contributed by atoms with Crippen LogP contribution in [0.1, 0.15) is 0 Å². The SMILES string of the molecule is c1ccc2cc(-c3ccc(-n4c5ccccc5c5c6c7ccccc7c7ccccc7c6c6c7ccccc7oc6c54)cc3)ccc2c1. The van der Waals surface area contributed by atoms with E-state index < -0.39 is 0 Å². The lowest BCUT2D eigenvalue weighted by Crippen LogP contribution is -1.95. The summed E-state index contributed by atoms with van der Waals surface area (Å²) < 4.78 is 9.36. The molecule has 11 rings (SSSR count). The third-order valence-electron chi connectivity index (χ3n) is 10.3. The number of hydrogen-bond donors (Lipinski definition) is 0. The Bertz CT molecular complexity index is 3100. The molecule has 0 amide bonds. The van der Waals surface area contributed by atoms with E-state index in [0.29, 0.717) is 0 Å². The van der Waals surface area contributed by atoms with Crippen molar-refractivity contribution in [3.05, 3.63) is 164 Å². The number of hydrogen-bond acceptors (Lipinski definition) is 1. The molecule has 0 radical (unpaired) electrons. The van der Waals surface area contributed by atoms with Gasteiger partial charge in [0.1, 0.15) is 5.58 Å². The fourth-order valence-corrected chi connectivity index (χ4v) is 8.27. The minimum Gasteiger partial charge on any atom is -0.454 e. The van der Waals surface area contributed by atoms with Gasteiger partial charge in [-0.25, -0.2) is 0 Å². The number of fused-ring (bicyclic) bond motifs is 16. The van der Waals surface area contributed by atoms with Crippen molar-refractivity contribution in [2.24, 2.45) is 0 Å². The van der Waals surface area contributed by atoms with E-state index in [4.69, 9.17) is 4.42 Å². The molecule has 0 N–H and O–H groups in total. The second-order valence-corrected chi connectivity index (χ2v) is 12.8. The summed E-state index contributed by atoms with van der Waals surface area (Å²) in [5.41, 5.74) is 7.62. The number of rotatable bonds is 2. The van der Waals surface area contributed by atoms with E-state index in [2.05, 4.69) is 168 Å². The van der Waals surface area contributed by atoms with Crippen molar-refractivity contribution in [1.82, 2.24) is 4.57 Å². The summed E-state index contributed by atoms with van der Waals surface area (Å²) in [7, 11) is 0. The molecule has 9 aromatic carbocycles. The van der Waals surface area contributed by atoms with Gasteiger partial charge in [-0.2, -0.15) is 0 Å². The van der Waals surface area contributed by atoms with Gasteiger partial charge in [0.15, 0.2) is 5.58 Å². The van der Waals surface area contributed by atoms with Crippen LogP contribution in [0, 0.1) is 0 Å². The maximum Gasteiger partial charge on any atom is 0.160 e. The van der Waals surface area contributed by atoms with E-state index in [0.717, 1.165) is 33.3 Å². The van der Waals surface area contributed by atoms with Crippen molar-refractivity contribution in [2.45, 2.75) is 0 Å². The summed E-state index contributed by atoms with van der Waals surface area (Å²) in [6.07, 6.45) is 0. The third kappa shape index (κ3) is 3.41. The van der Waals surface area contributed by atoms with Gasteiger partial charge in [0, 0.05) is 38.0 Å². The molecule has 2 heteroatoms. The molecule has 0 aliphatic rings. The van der Waals surface area contributed by atoms with E-state index in [1.165, 1.54) is 70.4 Å². The second-order valence-electron chi connectivity index (χ2n) is 12.8. The van der Waals surface area contributed by atoms with Gasteiger partial charge < -0.3 is 8.98 Å². The highest BCUT2D eigenvalue weighted by atomic mass is 16.3. The Hall–Kier alpha value is -6.38. The summed E-state index contributed by atoms with van der Waals surface area (Å²) in [6.45, 7) is 0. The van der Waals surface area contributed by atoms with Gasteiger partial charge in [-0.3, -0.25) is 0 Å². The fourth-order valence-electron chi connectivity index (χ4n) is 8.27. The van der Waals surface area contributed by atoms with E-state index in [-0.39, 0.29) is 0 Å². The van der Waals surface area contributed by atoms with Gasteiger partial charge in [0.05, 0.1) is 11.0 Å². The molecule has 2 nitrogen and oxygen atoms in total. The molecule has 0 bridgehead atoms. The van der Waals surface area contributed by atoms with Crippen molar-refractivity contribution in [3.8, 4) is 16.8 Å². The maximum absolute atomic E-state index is 6.94. The van der Waals surface area contributed by atoms with Crippen molar-refractivity contribution < 1.29 is 4.42 Å². The van der Waals surface area contributed by atoms with Crippen molar-refractivity contribution in [2.75, 3.05) is 0 Å². The molecular weight excluding hydrogens is 583 g/mol. The zero-order valence-corrected chi connectivity index (χ0v) is 25.9. The smallest absolute Gasteiger partial charge is 0.160 e. The molecule has 11 aromatic rings. The van der Waals surface area contributed by atoms with Gasteiger partial charge in [0.2, 0.25) is 0 Å². The van der Waals surface area contributed by atoms with Crippen LogP contribution < -0.4 is 0 Å². The Labute approximate surface area is 275 Å². The predicted octanol–water partition coefficient (Wildman–Crippen LogP) is 13.0. The number of nitrogens with zero attached hydrogens (tertiary/aromatic N) is 1. The molecule has 222 valence electrons. The Balaban J connectivity index is 1.32. The van der Waals surface area contributed by atoms with Gasteiger partial charge in [0.25, 0.3) is 0 Å². The van der Waals surface area contributed by atoms with Crippen LogP contribution in [0.15, 0.2) is 168 Å². The number of aromatic nitrogens is 1. The topological polar surface area (TPSA) is 18.1 Å². The first-order valence-electron chi connectivity index (χ1n) is 16.5. The maximum atomic E-state index is 6.94. The number of benzene rings is 9. The van der Waals surface area contributed by atoms with Crippen LogP contribution in [-0.2, 0) is 0 Å². The van der Waals surface area contributed by atoms with Gasteiger partial charge in [-0.05, 0) is 73.8 Å². The highest BCUT2D eigenvalue weighted by molar-refractivity contribution is 6.44. The highest BCUT2D eigenvalue weighted by Gasteiger charge is 2.25. The first-order valence-corrected chi connectivity index (χ1v) is 16.5. The zero-order chi connectivity index (χ0) is 31.3. The second kappa shape index (κ2) is 9.57. The van der Waals surface area contributed by atoms with Crippen LogP contribution in [0.3, 0.4) is 0 Å². The van der Waals surface area contributed by atoms with E-state index in [9.17, 15) is 0 Å². The zero-order valence-electron chi connectivity index (χ0n) is 25.9. The molecule has 2 heterocycles. The Morgan fingerprint density at radius 2 is 0.938 bits per heavy atom. The summed E-state index contributed by atoms with van der Waals surface area (Å²) >= 11 is 0. The molecule has 0 aliphatic carbocycles. The molecule has 0 fully saturated rings. The average Bonchev–Trinajstić information content (AvgIpc) is 3.71. The quantitative estimate of drug-likeness (QED) is 0.178. The molecule has 0 saturated heterocycles. The predicted molar refractivity (Wildman–Crippen MR) is 204 cm³/mol. The monoisotopic (exact) mass is 609 g/mol. The largest absolute Gasteiger partial charge is 0.454 e. The average molecular weight is 610 g/mol. The Morgan fingerprint density at radius 1 is 0.375 bits per heavy atom. The molecular formula is C46H27NO. The van der Waals surface area contributed by atoms with Crippen molar-refractivity contribution in [1.29, 1.82) is 0 Å². The molecule has 0 spiro atoms. The van der Waals surface area contributed by atoms with Crippen molar-refractivity contribution in [3.63, 3.8) is 0 Å². The molecule has 0 atom stereocenters. The molecule has 0 unspecified atom stereocenters. The summed E-state index contributed by atoms with van der Waals surface area (Å²) in [5.74, 6) is 0. The fraction of sp³-hybridized carbons (Fsp3) is 0. The number of furan rings is 1. The molecule has 0 saturated carbocycles. The van der Waals surface area contributed by atoms with Gasteiger partial charge in [-0.15, -0.1) is 0 Å². The summed E-state index contributed by atoms with van der Waals surface area (Å²) in [4.78, 5) is 0. The lowest BCUT2D eigenvalue weighted by molar-refractivity contribution is 0.671. The van der Waals surface area contributed by atoms with Gasteiger partial charge in [-0.1, -0.05) is 133 Å². The molecule has 2 aromatic heterocycles. The van der Waals surface area contributed by atoms with E-state index >= 15 is 0 Å². The van der Waals surface area contributed by atoms with Crippen molar-refractivity contribution >= 4 is 86.8 Å². The first-order chi connectivity index (χ1) is 23.8. The van der Waals surface area contributed by atoms with Crippen LogP contribution in [0.25, 0.3) is 104 Å².